The van der Waals surface area contributed by atoms with Gasteiger partial charge in [-0.25, -0.2) is 0 Å². The first kappa shape index (κ1) is 40.9. The largest absolute Gasteiger partial charge is 0.167 e. The van der Waals surface area contributed by atoms with Gasteiger partial charge in [-0.15, -0.1) is 15.3 Å². The maximum Gasteiger partial charge on any atom is 0.167 e. The molecule has 45 heavy (non-hydrogen) atoms. The van der Waals surface area contributed by atoms with Crippen LogP contribution in [0, 0.1) is 0 Å². The molecule has 0 bridgehead atoms. The van der Waals surface area contributed by atoms with Crippen LogP contribution >= 0.6 is 15.3 Å². The number of benzene rings is 1. The molecule has 2 aliphatic rings. The molecule has 260 valence electrons. The van der Waals surface area contributed by atoms with Gasteiger partial charge in [0, 0.05) is 56.5 Å². The lowest BCUT2D eigenvalue weighted by atomic mass is 10.0. The van der Waals surface area contributed by atoms with E-state index in [0.29, 0.717) is 4.28 Å². The van der Waals surface area contributed by atoms with Crippen LogP contribution in [0.2, 0.25) is 149 Å². The highest BCUT2D eigenvalue weighted by Crippen LogP contribution is 2.70. The molecule has 1 aromatic carbocycles. The lowest BCUT2D eigenvalue weighted by Gasteiger charge is -2.60. The van der Waals surface area contributed by atoms with Gasteiger partial charge in [0.05, 0.1) is 0 Å². The lowest BCUT2D eigenvalue weighted by Crippen LogP contribution is -2.74. The summed E-state index contributed by atoms with van der Waals surface area (Å²) < 4.78 is 0.416. The van der Waals surface area contributed by atoms with Gasteiger partial charge in [-0.05, 0) is 47.6 Å². The van der Waals surface area contributed by atoms with E-state index in [4.69, 9.17) is 15.3 Å². The minimum absolute atomic E-state index is 0.416. The van der Waals surface area contributed by atoms with E-state index in [1.165, 1.54) is 25.7 Å². The van der Waals surface area contributed by atoms with Gasteiger partial charge in [0.2, 0.25) is 0 Å². The minimum atomic E-state index is -1.79. The average Bonchev–Trinajstić information content (AvgIpc) is 3.31. The van der Waals surface area contributed by atoms with E-state index in [9.17, 15) is 0 Å². The van der Waals surface area contributed by atoms with Crippen LogP contribution in [0.15, 0.2) is 12.1 Å². The molecule has 0 N–H and O–H groups in total. The van der Waals surface area contributed by atoms with E-state index < -0.39 is 63.2 Å². The predicted molar refractivity (Wildman–Crippen MR) is 237 cm³/mol. The molecule has 3 rings (SSSR count). The zero-order valence-corrected chi connectivity index (χ0v) is 43.8. The Kier molecular flexibility index (Phi) is 11.2. The molecule has 1 saturated heterocycles. The molecular formula is C36H77BrSi8. The third-order valence-corrected chi connectivity index (χ3v) is 61.1. The quantitative estimate of drug-likeness (QED) is 0.154. The van der Waals surface area contributed by atoms with Gasteiger partial charge in [0.25, 0.3) is 0 Å². The molecule has 9 heteroatoms. The smallest absolute Gasteiger partial charge is 0.119 e. The summed E-state index contributed by atoms with van der Waals surface area (Å²) in [6, 6.07) is 6.08. The highest BCUT2D eigenvalue weighted by Gasteiger charge is 2.69. The second-order valence-corrected chi connectivity index (χ2v) is 70.2. The van der Waals surface area contributed by atoms with Crippen LogP contribution in [0.5, 0.6) is 0 Å². The second-order valence-electron chi connectivity index (χ2n) is 23.1. The molecule has 2 unspecified atom stereocenters. The van der Waals surface area contributed by atoms with Crippen molar-refractivity contribution in [2.24, 2.45) is 0 Å². The summed E-state index contributed by atoms with van der Waals surface area (Å²) in [6.45, 7) is 56.1. The maximum absolute atomic E-state index is 4.92. The van der Waals surface area contributed by atoms with Gasteiger partial charge in [0.15, 0.2) is 6.69 Å². The minimum Gasteiger partial charge on any atom is -0.119 e. The van der Waals surface area contributed by atoms with E-state index in [1.54, 1.807) is 0 Å². The Morgan fingerprint density at radius 3 is 1.02 bits per heavy atom. The Hall–Kier alpha value is 1.44. The van der Waals surface area contributed by atoms with Crippen LogP contribution in [0.1, 0.15) is 52.7 Å². The molecule has 1 aliphatic carbocycles. The lowest BCUT2D eigenvalue weighted by molar-refractivity contribution is 0.561. The Morgan fingerprint density at radius 2 is 0.800 bits per heavy atom. The topological polar surface area (TPSA) is 0 Å². The molecule has 1 saturated carbocycles. The zero-order chi connectivity index (χ0) is 35.4. The molecule has 1 aliphatic heterocycles. The van der Waals surface area contributed by atoms with E-state index in [1.807, 2.05) is 21.9 Å². The first-order valence-electron chi connectivity index (χ1n) is 18.6. The predicted octanol–water partition coefficient (Wildman–Crippen LogP) is 13.1. The van der Waals surface area contributed by atoms with Crippen LogP contribution in [-0.2, 0) is 4.28 Å². The van der Waals surface area contributed by atoms with E-state index in [0.717, 1.165) is 21.4 Å². The Bertz CT molecular complexity index is 1110. The highest BCUT2D eigenvalue weighted by atomic mass is 79.9. The number of halogens is 1. The molecule has 0 radical (unpaired) electrons. The molecule has 0 amide bonds. The third-order valence-electron chi connectivity index (χ3n) is 12.2. The van der Waals surface area contributed by atoms with Gasteiger partial charge < -0.3 is 0 Å². The number of rotatable bonds is 11. The highest BCUT2D eigenvalue weighted by molar-refractivity contribution is 9.27. The number of hydrogen-bond acceptors (Lipinski definition) is 0. The van der Waals surface area contributed by atoms with Crippen molar-refractivity contribution < 1.29 is 0 Å². The van der Waals surface area contributed by atoms with Crippen molar-refractivity contribution in [3.8, 4) is 0 Å². The molecule has 1 heterocycles. The first-order valence-corrected chi connectivity index (χ1v) is 47.8. The van der Waals surface area contributed by atoms with Gasteiger partial charge in [-0.3, -0.25) is 0 Å². The molecular weight excluding hydrogens is 737 g/mol. The van der Waals surface area contributed by atoms with Crippen molar-refractivity contribution in [3.05, 3.63) is 28.8 Å². The van der Waals surface area contributed by atoms with Crippen LogP contribution in [0.4, 0.5) is 0 Å². The molecule has 0 spiro atoms. The first-order chi connectivity index (χ1) is 19.7. The standard InChI is InChI=1S/C36H77BrSi8/c1-38(2,3)34(39(4,5)6)29-26-28(36(42(13,14)15,43(16,17)18)44(19,20)21)27-30(35(40(7,8)9)41(10,11)12)33(29)45(37)31-24-22-23-25-32(31)45/h26-27,31-32,34-35H,22-25H2,1-21H3. The summed E-state index contributed by atoms with van der Waals surface area (Å²) in [4.78, 5) is 0. The monoisotopic (exact) mass is 812 g/mol. The fraction of sp³-hybridized carbons (Fsp3) is 0.833. The average molecular weight is 815 g/mol. The van der Waals surface area contributed by atoms with Crippen LogP contribution in [0.3, 0.4) is 0 Å². The van der Waals surface area contributed by atoms with Gasteiger partial charge in [0.1, 0.15) is 0 Å². The van der Waals surface area contributed by atoms with Crippen molar-refractivity contribution in [2.75, 3.05) is 0 Å². The summed E-state index contributed by atoms with van der Waals surface area (Å²) >= 11 is 4.92. The summed E-state index contributed by atoms with van der Waals surface area (Å²) in [6.07, 6.45) is 5.90. The number of fused-ring (bicyclic) bond motifs is 1. The molecule has 2 fully saturated rings. The molecule has 2 atom stereocenters. The van der Waals surface area contributed by atoms with Crippen molar-refractivity contribution in [2.45, 2.75) is 189 Å². The zero-order valence-electron chi connectivity index (χ0n) is 34.2. The summed E-state index contributed by atoms with van der Waals surface area (Å²) in [5.74, 6) is 0. The normalized spacial score (nSPS) is 24.4. The van der Waals surface area contributed by atoms with Gasteiger partial charge >= 0.3 is 0 Å². The third kappa shape index (κ3) is 7.16. The van der Waals surface area contributed by atoms with Gasteiger partial charge in [-0.2, -0.15) is 0 Å². The summed E-state index contributed by atoms with van der Waals surface area (Å²) in [5, 5.41) is 3.62. The van der Waals surface area contributed by atoms with Crippen LogP contribution in [-0.4, -0.2) is 63.2 Å². The fourth-order valence-corrected chi connectivity index (χ4v) is 79.5. The van der Waals surface area contributed by atoms with Crippen molar-refractivity contribution in [3.63, 3.8) is 0 Å². The molecule has 0 nitrogen and oxygen atoms in total. The fourth-order valence-electron chi connectivity index (χ4n) is 13.4. The Labute approximate surface area is 299 Å². The van der Waals surface area contributed by atoms with Crippen LogP contribution in [0.25, 0.3) is 0 Å². The van der Waals surface area contributed by atoms with E-state index in [2.05, 4.69) is 150 Å². The van der Waals surface area contributed by atoms with E-state index in [-0.39, 0.29) is 0 Å². The summed E-state index contributed by atoms with van der Waals surface area (Å²) in [7, 11) is -11.1. The second kappa shape index (κ2) is 12.3. The Morgan fingerprint density at radius 1 is 0.533 bits per heavy atom. The molecule has 0 aromatic heterocycles. The SMILES string of the molecule is C[Si](C)(C)C(c1cc(C([Si](C)(C)C)([Si](C)(C)C)[Si](C)(C)C)cc(C([Si](C)(C)C)[Si](C)(C)C)c1[Si]1(Br)C2CCCCC21)[Si](C)(C)C. The van der Waals surface area contributed by atoms with E-state index >= 15 is 0 Å². The number of hydrogen-bond donors (Lipinski definition) is 0. The summed E-state index contributed by atoms with van der Waals surface area (Å²) in [5.41, 5.74) is 7.70. The van der Waals surface area contributed by atoms with Crippen LogP contribution < -0.4 is 5.19 Å². The molecule has 1 aromatic rings. The van der Waals surface area contributed by atoms with Crippen molar-refractivity contribution >= 4 is 83.7 Å². The van der Waals surface area contributed by atoms with Gasteiger partial charge in [-0.1, -0.05) is 175 Å². The Balaban J connectivity index is 2.80. The maximum atomic E-state index is 4.92. The van der Waals surface area contributed by atoms with Crippen molar-refractivity contribution in [1.29, 1.82) is 0 Å². The van der Waals surface area contributed by atoms with Crippen molar-refractivity contribution in [1.82, 2.24) is 0 Å².